The van der Waals surface area contributed by atoms with E-state index in [9.17, 15) is 0 Å². The van der Waals surface area contributed by atoms with Crippen molar-refractivity contribution in [3.8, 4) is 0 Å². The van der Waals surface area contributed by atoms with Crippen LogP contribution in [0.2, 0.25) is 0 Å². The molecule has 74 valence electrons. The van der Waals surface area contributed by atoms with E-state index >= 15 is 0 Å². The molecule has 1 aromatic rings. The number of hydrogen-bond acceptors (Lipinski definition) is 1. The van der Waals surface area contributed by atoms with Crippen LogP contribution in [0.1, 0.15) is 31.2 Å². The lowest BCUT2D eigenvalue weighted by Gasteiger charge is -2.54. The van der Waals surface area contributed by atoms with Crippen molar-refractivity contribution in [2.45, 2.75) is 31.2 Å². The normalized spacial score (nSPS) is 35.9. The minimum atomic E-state index is 0.361. The summed E-state index contributed by atoms with van der Waals surface area (Å²) < 4.78 is 0. The van der Waals surface area contributed by atoms with Gasteiger partial charge in [0.2, 0.25) is 0 Å². The van der Waals surface area contributed by atoms with Gasteiger partial charge < -0.3 is 5.32 Å². The Bertz CT molecular complexity index is 319. The average Bonchev–Trinajstić information content (AvgIpc) is 2.22. The molecule has 1 saturated carbocycles. The lowest BCUT2D eigenvalue weighted by molar-refractivity contribution is 0.0480. The van der Waals surface area contributed by atoms with Crippen LogP contribution < -0.4 is 5.32 Å². The van der Waals surface area contributed by atoms with Crippen LogP contribution in [-0.2, 0) is 5.54 Å². The maximum Gasteiger partial charge on any atom is 0.0475 e. The molecule has 1 aliphatic heterocycles. The second-order valence-corrected chi connectivity index (χ2v) is 4.66. The maximum atomic E-state index is 3.68. The number of hydrogen-bond donors (Lipinski definition) is 1. The molecule has 0 radical (unpaired) electrons. The van der Waals surface area contributed by atoms with Crippen LogP contribution in [0.3, 0.4) is 0 Å². The van der Waals surface area contributed by atoms with E-state index in [1.807, 2.05) is 0 Å². The molecule has 0 amide bonds. The Labute approximate surface area is 85.5 Å². The average molecular weight is 187 g/mol. The van der Waals surface area contributed by atoms with Crippen molar-refractivity contribution in [3.63, 3.8) is 0 Å². The third-order valence-electron chi connectivity index (χ3n) is 4.02. The molecule has 0 aromatic heterocycles. The fourth-order valence-corrected chi connectivity index (χ4v) is 3.15. The first-order chi connectivity index (χ1) is 6.92. The van der Waals surface area contributed by atoms with E-state index in [4.69, 9.17) is 0 Å². The second kappa shape index (κ2) is 3.09. The Morgan fingerprint density at radius 2 is 2.00 bits per heavy atom. The minimum absolute atomic E-state index is 0.361. The summed E-state index contributed by atoms with van der Waals surface area (Å²) in [5.41, 5.74) is 1.87. The zero-order chi connectivity index (χ0) is 9.43. The zero-order valence-corrected chi connectivity index (χ0v) is 8.50. The van der Waals surface area contributed by atoms with Gasteiger partial charge in [-0.05, 0) is 24.3 Å². The number of fused-ring (bicyclic) bond motifs is 1. The predicted molar refractivity (Wildman–Crippen MR) is 58.1 cm³/mol. The standard InChI is InChI=1S/C13H17N/c1-2-6-11(7-3-1)13-9-5-4-8-12(13)10-14-13/h1-3,6-7,12,14H,4-5,8-10H2/t12-,13-/m0/s1. The van der Waals surface area contributed by atoms with E-state index in [0.29, 0.717) is 5.54 Å². The highest BCUT2D eigenvalue weighted by Crippen LogP contribution is 2.46. The van der Waals surface area contributed by atoms with Crippen LogP contribution in [0.25, 0.3) is 0 Å². The molecule has 14 heavy (non-hydrogen) atoms. The smallest absolute Gasteiger partial charge is 0.0475 e. The maximum absolute atomic E-state index is 3.68. The molecule has 2 atom stereocenters. The van der Waals surface area contributed by atoms with Gasteiger partial charge in [0.05, 0.1) is 0 Å². The fourth-order valence-electron chi connectivity index (χ4n) is 3.15. The van der Waals surface area contributed by atoms with Gasteiger partial charge in [0.15, 0.2) is 0 Å². The van der Waals surface area contributed by atoms with E-state index in [1.165, 1.54) is 37.8 Å². The lowest BCUT2D eigenvalue weighted by atomic mass is 9.64. The van der Waals surface area contributed by atoms with Gasteiger partial charge in [0.1, 0.15) is 0 Å². The first-order valence-electron chi connectivity index (χ1n) is 5.72. The molecule has 1 N–H and O–H groups in total. The SMILES string of the molecule is c1ccc([C@@]23CCCC[C@H]2CN3)cc1. The summed E-state index contributed by atoms with van der Waals surface area (Å²) in [5.74, 6) is 0.902. The molecule has 1 nitrogen and oxygen atoms in total. The van der Waals surface area contributed by atoms with Crippen molar-refractivity contribution in [2.24, 2.45) is 5.92 Å². The summed E-state index contributed by atoms with van der Waals surface area (Å²) in [4.78, 5) is 0. The topological polar surface area (TPSA) is 12.0 Å². The number of nitrogens with one attached hydrogen (secondary N) is 1. The lowest BCUT2D eigenvalue weighted by Crippen LogP contribution is -2.63. The van der Waals surface area contributed by atoms with Crippen LogP contribution >= 0.6 is 0 Å². The van der Waals surface area contributed by atoms with Gasteiger partial charge in [-0.15, -0.1) is 0 Å². The first kappa shape index (κ1) is 8.49. The van der Waals surface area contributed by atoms with Crippen LogP contribution in [0.5, 0.6) is 0 Å². The highest BCUT2D eigenvalue weighted by Gasteiger charge is 2.48. The van der Waals surface area contributed by atoms with Gasteiger partial charge >= 0.3 is 0 Å². The largest absolute Gasteiger partial charge is 0.307 e. The van der Waals surface area contributed by atoms with Gasteiger partial charge in [-0.3, -0.25) is 0 Å². The van der Waals surface area contributed by atoms with Gasteiger partial charge in [0, 0.05) is 12.1 Å². The molecule has 1 aliphatic carbocycles. The van der Waals surface area contributed by atoms with Gasteiger partial charge in [0.25, 0.3) is 0 Å². The van der Waals surface area contributed by atoms with Crippen molar-refractivity contribution in [1.82, 2.24) is 5.32 Å². The fraction of sp³-hybridized carbons (Fsp3) is 0.538. The van der Waals surface area contributed by atoms with Gasteiger partial charge in [-0.2, -0.15) is 0 Å². The summed E-state index contributed by atoms with van der Waals surface area (Å²) in [6.45, 7) is 1.23. The Kier molecular flexibility index (Phi) is 1.88. The van der Waals surface area contributed by atoms with Gasteiger partial charge in [-0.25, -0.2) is 0 Å². The van der Waals surface area contributed by atoms with Gasteiger partial charge in [-0.1, -0.05) is 43.2 Å². The Balaban J connectivity index is 1.96. The molecule has 0 bridgehead atoms. The van der Waals surface area contributed by atoms with Crippen LogP contribution in [0.4, 0.5) is 0 Å². The van der Waals surface area contributed by atoms with Crippen LogP contribution in [-0.4, -0.2) is 6.54 Å². The summed E-state index contributed by atoms with van der Waals surface area (Å²) >= 11 is 0. The third kappa shape index (κ3) is 1.05. The highest BCUT2D eigenvalue weighted by atomic mass is 15.1. The summed E-state index contributed by atoms with van der Waals surface area (Å²) in [6.07, 6.45) is 5.57. The van der Waals surface area contributed by atoms with Crippen molar-refractivity contribution in [1.29, 1.82) is 0 Å². The molecule has 1 heterocycles. The molecule has 2 fully saturated rings. The monoisotopic (exact) mass is 187 g/mol. The third-order valence-corrected chi connectivity index (χ3v) is 4.02. The summed E-state index contributed by atoms with van der Waals surface area (Å²) in [6, 6.07) is 11.0. The molecular formula is C13H17N. The molecular weight excluding hydrogens is 170 g/mol. The number of benzene rings is 1. The van der Waals surface area contributed by atoms with Crippen molar-refractivity contribution in [2.75, 3.05) is 6.54 Å². The molecule has 0 unspecified atom stereocenters. The zero-order valence-electron chi connectivity index (χ0n) is 8.50. The molecule has 1 heteroatoms. The van der Waals surface area contributed by atoms with E-state index in [2.05, 4.69) is 35.6 Å². The Morgan fingerprint density at radius 1 is 1.14 bits per heavy atom. The predicted octanol–water partition coefficient (Wildman–Crippen LogP) is 2.68. The number of rotatable bonds is 1. The molecule has 0 spiro atoms. The second-order valence-electron chi connectivity index (χ2n) is 4.66. The summed E-state index contributed by atoms with van der Waals surface area (Å²) in [7, 11) is 0. The van der Waals surface area contributed by atoms with Crippen LogP contribution in [0.15, 0.2) is 30.3 Å². The molecule has 2 aliphatic rings. The van der Waals surface area contributed by atoms with Crippen molar-refractivity contribution >= 4 is 0 Å². The Morgan fingerprint density at radius 3 is 2.64 bits per heavy atom. The summed E-state index contributed by atoms with van der Waals surface area (Å²) in [5, 5.41) is 3.68. The van der Waals surface area contributed by atoms with Crippen molar-refractivity contribution in [3.05, 3.63) is 35.9 Å². The molecule has 1 aromatic carbocycles. The van der Waals surface area contributed by atoms with E-state index in [-0.39, 0.29) is 0 Å². The molecule has 3 rings (SSSR count). The van der Waals surface area contributed by atoms with Crippen molar-refractivity contribution < 1.29 is 0 Å². The quantitative estimate of drug-likeness (QED) is 0.712. The first-order valence-corrected chi connectivity index (χ1v) is 5.72. The van der Waals surface area contributed by atoms with E-state index in [1.54, 1.807) is 0 Å². The van der Waals surface area contributed by atoms with Crippen LogP contribution in [0, 0.1) is 5.92 Å². The van der Waals surface area contributed by atoms with E-state index < -0.39 is 0 Å². The Hall–Kier alpha value is -0.820. The molecule has 1 saturated heterocycles. The minimum Gasteiger partial charge on any atom is -0.307 e. The van der Waals surface area contributed by atoms with E-state index in [0.717, 1.165) is 5.92 Å². The highest BCUT2D eigenvalue weighted by molar-refractivity contribution is 5.29.